The van der Waals surface area contributed by atoms with Crippen molar-refractivity contribution in [1.29, 1.82) is 0 Å². The fourth-order valence-corrected chi connectivity index (χ4v) is 7.73. The third-order valence-corrected chi connectivity index (χ3v) is 11.1. The van der Waals surface area contributed by atoms with E-state index in [1.54, 1.807) is 29.2 Å². The number of nitrogens with zero attached hydrogens (tertiary/aromatic N) is 3. The molecule has 3 fully saturated rings. The minimum atomic E-state index is -1.11. The smallest absolute Gasteiger partial charge is 0.287 e. The van der Waals surface area contributed by atoms with Crippen molar-refractivity contribution in [2.24, 2.45) is 28.9 Å². The molecule has 5 rings (SSSR count). The lowest BCUT2D eigenvalue weighted by atomic mass is 9.80. The molecule has 1 unspecified atom stereocenters. The van der Waals surface area contributed by atoms with Crippen LogP contribution in [0.3, 0.4) is 0 Å². The number of likely N-dealkylation sites (tertiary alicyclic amines) is 1. The molecule has 13 nitrogen and oxygen atoms in total. The summed E-state index contributed by atoms with van der Waals surface area (Å²) in [5.74, 6) is -4.94. The minimum absolute atomic E-state index is 0.0107. The number of nitrogens with two attached hydrogens (primary N) is 1. The lowest BCUT2D eigenvalue weighted by Crippen LogP contribution is -2.60. The molecule has 0 radical (unpaired) electrons. The zero-order valence-corrected chi connectivity index (χ0v) is 30.9. The van der Waals surface area contributed by atoms with Gasteiger partial charge < -0.3 is 26.6 Å². The van der Waals surface area contributed by atoms with Gasteiger partial charge in [0.2, 0.25) is 23.5 Å². The van der Waals surface area contributed by atoms with Crippen molar-refractivity contribution >= 4 is 46.9 Å². The second-order valence-corrected chi connectivity index (χ2v) is 16.0. The van der Waals surface area contributed by atoms with E-state index in [1.807, 2.05) is 20.8 Å². The van der Waals surface area contributed by atoms with E-state index in [9.17, 15) is 28.8 Å². The van der Waals surface area contributed by atoms with Gasteiger partial charge in [-0.15, -0.1) is 0 Å². The number of aromatic nitrogens is 2. The van der Waals surface area contributed by atoms with E-state index in [2.05, 4.69) is 25.9 Å². The minimum Gasteiger partial charge on any atom is -0.363 e. The Balaban J connectivity index is 1.38. The van der Waals surface area contributed by atoms with E-state index in [1.165, 1.54) is 18.6 Å². The van der Waals surface area contributed by atoms with Crippen LogP contribution in [0.2, 0.25) is 5.02 Å². The van der Waals surface area contributed by atoms with Crippen molar-refractivity contribution in [1.82, 2.24) is 30.8 Å². The second-order valence-electron chi connectivity index (χ2n) is 15.6. The Bertz CT molecular complexity index is 1620. The van der Waals surface area contributed by atoms with Crippen molar-refractivity contribution < 1.29 is 28.8 Å². The van der Waals surface area contributed by atoms with E-state index in [4.69, 9.17) is 17.3 Å². The molecule has 1 aliphatic heterocycles. The molecule has 5 atom stereocenters. The van der Waals surface area contributed by atoms with Crippen LogP contribution in [-0.4, -0.2) is 81.4 Å². The Hall–Kier alpha value is -4.39. The Kier molecular flexibility index (Phi) is 12.7. The summed E-state index contributed by atoms with van der Waals surface area (Å²) in [4.78, 5) is 90.2. The van der Waals surface area contributed by atoms with Crippen LogP contribution in [0.5, 0.6) is 0 Å². The molecule has 14 heteroatoms. The van der Waals surface area contributed by atoms with E-state index in [0.717, 1.165) is 56.9 Å². The Morgan fingerprint density at radius 1 is 0.904 bits per heavy atom. The maximum atomic E-state index is 14.5. The predicted molar refractivity (Wildman–Crippen MR) is 194 cm³/mol. The van der Waals surface area contributed by atoms with E-state index in [0.29, 0.717) is 11.4 Å². The molecule has 0 bridgehead atoms. The molecule has 3 aliphatic rings. The van der Waals surface area contributed by atoms with Crippen molar-refractivity contribution in [2.45, 2.75) is 103 Å². The van der Waals surface area contributed by atoms with Crippen molar-refractivity contribution in [2.75, 3.05) is 13.1 Å². The number of hydrogen-bond donors (Lipinski definition) is 4. The standard InChI is InChI=1S/C38H50ClN7O6/c1-38(2,3)32(45-36(51)30(24-10-5-4-6-11-24)44-35(50)29-19-41-16-17-42-29)37(52)46-20-26(23-12-14-25(39)15-13-23)27(21-46)34(49)43-28(31(47)33(40)48)18-22-8-7-9-22/h12-17,19,22,24,26-28,30,32H,4-11,18,20-21H2,1-3H3,(H2,40,48)(H,43,49)(H,44,50)(H,45,51)/t26-,27+,28?,30-,32+/m0/s1. The topological polar surface area (TPSA) is 194 Å². The van der Waals surface area contributed by atoms with E-state index in [-0.39, 0.29) is 36.5 Å². The summed E-state index contributed by atoms with van der Waals surface area (Å²) >= 11 is 6.19. The van der Waals surface area contributed by atoms with E-state index < -0.39 is 64.8 Å². The molecule has 2 saturated carbocycles. The highest BCUT2D eigenvalue weighted by molar-refractivity contribution is 6.37. The third kappa shape index (κ3) is 9.53. The number of benzene rings is 1. The van der Waals surface area contributed by atoms with Crippen LogP contribution in [0.4, 0.5) is 0 Å². The number of halogens is 1. The largest absolute Gasteiger partial charge is 0.363 e. The Morgan fingerprint density at radius 3 is 2.17 bits per heavy atom. The Labute approximate surface area is 309 Å². The number of ketones is 1. The zero-order chi connectivity index (χ0) is 37.6. The lowest BCUT2D eigenvalue weighted by Gasteiger charge is -2.36. The molecule has 280 valence electrons. The van der Waals surface area contributed by atoms with Crippen LogP contribution in [-0.2, 0) is 24.0 Å². The maximum absolute atomic E-state index is 14.5. The first-order valence-corrected chi connectivity index (χ1v) is 18.7. The van der Waals surface area contributed by atoms with Crippen LogP contribution in [0, 0.1) is 23.2 Å². The van der Waals surface area contributed by atoms with Gasteiger partial charge in [0.1, 0.15) is 17.8 Å². The predicted octanol–water partition coefficient (Wildman–Crippen LogP) is 3.31. The molecular formula is C38H50ClN7O6. The first-order valence-electron chi connectivity index (χ1n) is 18.3. The quantitative estimate of drug-likeness (QED) is 0.225. The molecule has 2 aromatic rings. The summed E-state index contributed by atoms with van der Waals surface area (Å²) in [6, 6.07) is 4.08. The van der Waals surface area contributed by atoms with Gasteiger partial charge in [-0.2, -0.15) is 0 Å². The average Bonchev–Trinajstić information content (AvgIpc) is 3.56. The fraction of sp³-hybridized carbons (Fsp3) is 0.579. The molecule has 5 amide bonds. The highest BCUT2D eigenvalue weighted by Crippen LogP contribution is 2.36. The fourth-order valence-electron chi connectivity index (χ4n) is 7.60. The van der Waals surface area contributed by atoms with Gasteiger partial charge in [-0.25, -0.2) is 4.98 Å². The van der Waals surface area contributed by atoms with Crippen LogP contribution < -0.4 is 21.7 Å². The molecule has 5 N–H and O–H groups in total. The van der Waals surface area contributed by atoms with Crippen LogP contribution in [0.1, 0.15) is 101 Å². The van der Waals surface area contributed by atoms with Gasteiger partial charge in [-0.1, -0.05) is 83.0 Å². The van der Waals surface area contributed by atoms with Gasteiger partial charge in [0.15, 0.2) is 0 Å². The number of amides is 5. The van der Waals surface area contributed by atoms with Gasteiger partial charge in [0.05, 0.1) is 18.2 Å². The highest BCUT2D eigenvalue weighted by Gasteiger charge is 2.46. The molecule has 1 saturated heterocycles. The average molecular weight is 736 g/mol. The number of hydrogen-bond acceptors (Lipinski definition) is 8. The number of Topliss-reactive ketones (excluding diaryl/α,β-unsaturated/α-hetero) is 1. The summed E-state index contributed by atoms with van der Waals surface area (Å²) < 4.78 is 0. The van der Waals surface area contributed by atoms with Gasteiger partial charge in [-0.3, -0.25) is 33.8 Å². The number of carbonyl (C=O) groups is 6. The zero-order valence-electron chi connectivity index (χ0n) is 30.1. The number of rotatable bonds is 13. The summed E-state index contributed by atoms with van der Waals surface area (Å²) in [6.45, 7) is 5.72. The SMILES string of the molecule is CC(C)(C)[C@H](NC(=O)[C@@H](NC(=O)c1cnccn1)C1CCCCC1)C(=O)N1C[C@@H](C(=O)NC(CC2CCC2)C(=O)C(N)=O)[C@H](c2ccc(Cl)cc2)C1. The van der Waals surface area contributed by atoms with Gasteiger partial charge in [0, 0.05) is 36.4 Å². The Morgan fingerprint density at radius 2 is 1.60 bits per heavy atom. The third-order valence-electron chi connectivity index (χ3n) is 10.8. The van der Waals surface area contributed by atoms with Crippen molar-refractivity contribution in [3.05, 3.63) is 59.1 Å². The van der Waals surface area contributed by atoms with Crippen molar-refractivity contribution in [3.63, 3.8) is 0 Å². The normalized spacial score (nSPS) is 21.3. The molecule has 0 spiro atoms. The lowest BCUT2D eigenvalue weighted by molar-refractivity contribution is -0.140. The van der Waals surface area contributed by atoms with Crippen LogP contribution in [0.15, 0.2) is 42.9 Å². The molecule has 2 aliphatic carbocycles. The monoisotopic (exact) mass is 735 g/mol. The molecule has 1 aromatic carbocycles. The van der Waals surface area contributed by atoms with Gasteiger partial charge >= 0.3 is 0 Å². The van der Waals surface area contributed by atoms with Crippen LogP contribution >= 0.6 is 11.6 Å². The van der Waals surface area contributed by atoms with E-state index >= 15 is 0 Å². The summed E-state index contributed by atoms with van der Waals surface area (Å²) in [7, 11) is 0. The molecule has 52 heavy (non-hydrogen) atoms. The van der Waals surface area contributed by atoms with Gasteiger partial charge in [0.25, 0.3) is 11.8 Å². The molecule has 2 heterocycles. The maximum Gasteiger partial charge on any atom is 0.287 e. The summed E-state index contributed by atoms with van der Waals surface area (Å²) in [6.07, 6.45) is 11.7. The first-order chi connectivity index (χ1) is 24.7. The molecule has 1 aromatic heterocycles. The van der Waals surface area contributed by atoms with Crippen molar-refractivity contribution in [3.8, 4) is 0 Å². The number of carbonyl (C=O) groups excluding carboxylic acids is 6. The van der Waals surface area contributed by atoms with Crippen LogP contribution in [0.25, 0.3) is 0 Å². The highest BCUT2D eigenvalue weighted by atomic mass is 35.5. The number of primary amides is 1. The summed E-state index contributed by atoms with van der Waals surface area (Å²) in [5, 5.41) is 9.19. The molecular weight excluding hydrogens is 686 g/mol. The first kappa shape index (κ1) is 38.8. The second kappa shape index (κ2) is 17.0. The van der Waals surface area contributed by atoms with Gasteiger partial charge in [-0.05, 0) is 54.2 Å². The number of nitrogens with one attached hydrogen (secondary N) is 3. The summed E-state index contributed by atoms with van der Waals surface area (Å²) in [5.41, 5.74) is 5.47.